The van der Waals surface area contributed by atoms with Crippen LogP contribution in [0.3, 0.4) is 0 Å². The molecule has 0 bridgehead atoms. The maximum absolute atomic E-state index is 12.8. The van der Waals surface area contributed by atoms with Crippen molar-refractivity contribution in [3.8, 4) is 0 Å². The zero-order valence-electron chi connectivity index (χ0n) is 12.8. The molecule has 7 heteroatoms. The number of aryl methyl sites for hydroxylation is 2. The topological polar surface area (TPSA) is 58.4 Å². The summed E-state index contributed by atoms with van der Waals surface area (Å²) in [4.78, 5) is 2.67. The van der Waals surface area contributed by atoms with Crippen LogP contribution in [-0.2, 0) is 17.1 Å². The summed E-state index contributed by atoms with van der Waals surface area (Å²) in [5.74, 6) is 0. The van der Waals surface area contributed by atoms with Gasteiger partial charge in [-0.15, -0.1) is 0 Å². The van der Waals surface area contributed by atoms with Crippen LogP contribution in [0.1, 0.15) is 24.7 Å². The smallest absolute Gasteiger partial charge is 0.246 e. The Morgan fingerprint density at radius 1 is 1.15 bits per heavy atom. The fraction of sp³-hybridized carbons (Fsp3) is 0.769. The maximum Gasteiger partial charge on any atom is 0.246 e. The van der Waals surface area contributed by atoms with E-state index in [1.54, 1.807) is 23.0 Å². The average Bonchev–Trinajstić information content (AvgIpc) is 2.60. The first kappa shape index (κ1) is 15.5. The van der Waals surface area contributed by atoms with Crippen LogP contribution in [0.15, 0.2) is 4.90 Å². The van der Waals surface area contributed by atoms with E-state index in [1.807, 2.05) is 6.92 Å². The number of sulfonamides is 1. The molecular weight excluding hydrogens is 276 g/mol. The van der Waals surface area contributed by atoms with Crippen LogP contribution in [0.2, 0.25) is 0 Å². The molecule has 2 heterocycles. The summed E-state index contributed by atoms with van der Waals surface area (Å²) in [5, 5.41) is 4.23. The second-order valence-corrected chi connectivity index (χ2v) is 7.19. The van der Waals surface area contributed by atoms with E-state index in [0.29, 0.717) is 29.4 Å². The van der Waals surface area contributed by atoms with E-state index < -0.39 is 10.0 Å². The fourth-order valence-corrected chi connectivity index (χ4v) is 4.63. The van der Waals surface area contributed by atoms with Crippen LogP contribution < -0.4 is 0 Å². The summed E-state index contributed by atoms with van der Waals surface area (Å²) >= 11 is 0. The van der Waals surface area contributed by atoms with E-state index in [1.165, 1.54) is 0 Å². The molecule has 114 valence electrons. The van der Waals surface area contributed by atoms with Gasteiger partial charge in [0.2, 0.25) is 10.0 Å². The average molecular weight is 300 g/mol. The van der Waals surface area contributed by atoms with Gasteiger partial charge in [-0.25, -0.2) is 8.42 Å². The third kappa shape index (κ3) is 2.75. The molecule has 0 radical (unpaired) electrons. The second kappa shape index (κ2) is 5.83. The molecule has 0 atom stereocenters. The predicted molar refractivity (Wildman–Crippen MR) is 78.2 cm³/mol. The molecule has 1 aromatic rings. The molecule has 1 aliphatic heterocycles. The first-order valence-electron chi connectivity index (χ1n) is 7.10. The van der Waals surface area contributed by atoms with Crippen LogP contribution in [-0.4, -0.2) is 60.1 Å². The number of nitrogens with zero attached hydrogens (tertiary/aromatic N) is 4. The zero-order chi connectivity index (χ0) is 14.9. The molecule has 2 rings (SSSR count). The lowest BCUT2D eigenvalue weighted by atomic mass is 10.4. The second-order valence-electron chi connectivity index (χ2n) is 5.32. The summed E-state index contributed by atoms with van der Waals surface area (Å²) in [6.45, 7) is 9.57. The first-order valence-corrected chi connectivity index (χ1v) is 8.54. The van der Waals surface area contributed by atoms with E-state index in [9.17, 15) is 8.42 Å². The van der Waals surface area contributed by atoms with Gasteiger partial charge >= 0.3 is 0 Å². The number of hydrogen-bond acceptors (Lipinski definition) is 4. The van der Waals surface area contributed by atoms with Crippen LogP contribution >= 0.6 is 0 Å². The molecule has 0 unspecified atom stereocenters. The first-order chi connectivity index (χ1) is 9.37. The summed E-state index contributed by atoms with van der Waals surface area (Å²) in [5.41, 5.74) is 1.29. The Hall–Kier alpha value is -0.920. The fourth-order valence-electron chi connectivity index (χ4n) is 2.76. The van der Waals surface area contributed by atoms with Crippen molar-refractivity contribution < 1.29 is 8.42 Å². The standard InChI is InChI=1S/C13H24N4O2S/c1-5-16-7-6-8-17(10-9-16)20(18,19)13-11(2)14-15(4)12(13)3/h5-10H2,1-4H3. The predicted octanol–water partition coefficient (Wildman–Crippen LogP) is 0.753. The molecule has 1 saturated heterocycles. The quantitative estimate of drug-likeness (QED) is 0.827. The van der Waals surface area contributed by atoms with Crippen LogP contribution in [0.5, 0.6) is 0 Å². The molecule has 0 aliphatic carbocycles. The Balaban J connectivity index is 2.30. The van der Waals surface area contributed by atoms with Gasteiger partial charge in [0, 0.05) is 26.7 Å². The molecule has 0 N–H and O–H groups in total. The van der Waals surface area contributed by atoms with E-state index in [0.717, 1.165) is 26.1 Å². The third-order valence-corrected chi connectivity index (χ3v) is 6.19. The van der Waals surface area contributed by atoms with Crippen LogP contribution in [0.25, 0.3) is 0 Å². The Morgan fingerprint density at radius 3 is 2.40 bits per heavy atom. The van der Waals surface area contributed by atoms with Gasteiger partial charge in [0.1, 0.15) is 4.90 Å². The maximum atomic E-state index is 12.8. The van der Waals surface area contributed by atoms with Crippen molar-refractivity contribution in [2.24, 2.45) is 7.05 Å². The highest BCUT2D eigenvalue weighted by atomic mass is 32.2. The molecule has 1 fully saturated rings. The van der Waals surface area contributed by atoms with Gasteiger partial charge in [0.05, 0.1) is 11.4 Å². The van der Waals surface area contributed by atoms with E-state index >= 15 is 0 Å². The van der Waals surface area contributed by atoms with Crippen molar-refractivity contribution >= 4 is 10.0 Å². The van der Waals surface area contributed by atoms with Crippen molar-refractivity contribution in [2.45, 2.75) is 32.1 Å². The van der Waals surface area contributed by atoms with Crippen LogP contribution in [0.4, 0.5) is 0 Å². The molecule has 20 heavy (non-hydrogen) atoms. The normalized spacial score (nSPS) is 19.2. The summed E-state index contributed by atoms with van der Waals surface area (Å²) < 4.78 is 28.9. The number of hydrogen-bond donors (Lipinski definition) is 0. The zero-order valence-corrected chi connectivity index (χ0v) is 13.6. The van der Waals surface area contributed by atoms with Gasteiger partial charge in [-0.3, -0.25) is 4.68 Å². The molecule has 6 nitrogen and oxygen atoms in total. The van der Waals surface area contributed by atoms with Gasteiger partial charge in [-0.1, -0.05) is 6.92 Å². The minimum absolute atomic E-state index is 0.380. The van der Waals surface area contributed by atoms with Gasteiger partial charge in [0.25, 0.3) is 0 Å². The SMILES string of the molecule is CCN1CCCN(S(=O)(=O)c2c(C)nn(C)c2C)CC1. The lowest BCUT2D eigenvalue weighted by molar-refractivity contribution is 0.302. The molecule has 0 spiro atoms. The largest absolute Gasteiger partial charge is 0.302 e. The minimum atomic E-state index is -3.43. The van der Waals surface area contributed by atoms with E-state index in [-0.39, 0.29) is 0 Å². The van der Waals surface area contributed by atoms with Crippen molar-refractivity contribution in [2.75, 3.05) is 32.7 Å². The van der Waals surface area contributed by atoms with E-state index in [4.69, 9.17) is 0 Å². The lowest BCUT2D eigenvalue weighted by Gasteiger charge is -2.21. The van der Waals surface area contributed by atoms with Gasteiger partial charge in [-0.2, -0.15) is 9.40 Å². The monoisotopic (exact) mass is 300 g/mol. The Morgan fingerprint density at radius 2 is 1.85 bits per heavy atom. The molecule has 1 aliphatic rings. The molecule has 1 aromatic heterocycles. The molecule has 0 aromatic carbocycles. The van der Waals surface area contributed by atoms with Crippen LogP contribution in [0, 0.1) is 13.8 Å². The van der Waals surface area contributed by atoms with Gasteiger partial charge in [-0.05, 0) is 33.4 Å². The van der Waals surface area contributed by atoms with Crippen molar-refractivity contribution in [3.63, 3.8) is 0 Å². The highest BCUT2D eigenvalue weighted by Crippen LogP contribution is 2.23. The summed E-state index contributed by atoms with van der Waals surface area (Å²) in [7, 11) is -1.65. The van der Waals surface area contributed by atoms with Gasteiger partial charge in [0.15, 0.2) is 0 Å². The number of likely N-dealkylation sites (N-methyl/N-ethyl adjacent to an activating group) is 1. The van der Waals surface area contributed by atoms with Gasteiger partial charge < -0.3 is 4.90 Å². The Kier molecular flexibility index (Phi) is 4.51. The molecule has 0 amide bonds. The molecular formula is C13H24N4O2S. The summed E-state index contributed by atoms with van der Waals surface area (Å²) in [6, 6.07) is 0. The Bertz CT molecular complexity index is 579. The minimum Gasteiger partial charge on any atom is -0.302 e. The number of aromatic nitrogens is 2. The highest BCUT2D eigenvalue weighted by Gasteiger charge is 2.31. The number of rotatable bonds is 3. The third-order valence-electron chi connectivity index (χ3n) is 4.04. The van der Waals surface area contributed by atoms with Crippen molar-refractivity contribution in [1.29, 1.82) is 0 Å². The molecule has 0 saturated carbocycles. The van der Waals surface area contributed by atoms with E-state index in [2.05, 4.69) is 16.9 Å². The van der Waals surface area contributed by atoms with Crippen molar-refractivity contribution in [3.05, 3.63) is 11.4 Å². The van der Waals surface area contributed by atoms with Crippen molar-refractivity contribution in [1.82, 2.24) is 19.0 Å². The highest BCUT2D eigenvalue weighted by molar-refractivity contribution is 7.89. The Labute approximate surface area is 121 Å². The lowest BCUT2D eigenvalue weighted by Crippen LogP contribution is -2.35. The summed E-state index contributed by atoms with van der Waals surface area (Å²) in [6.07, 6.45) is 0.880.